The molecular weight excluding hydrogens is 342 g/mol. The summed E-state index contributed by atoms with van der Waals surface area (Å²) in [7, 11) is -1.07. The number of nitrogens with one attached hydrogen (secondary N) is 1. The summed E-state index contributed by atoms with van der Waals surface area (Å²) < 4.78 is 37.3. The van der Waals surface area contributed by atoms with Gasteiger partial charge in [-0.25, -0.2) is 13.2 Å². The molecule has 0 spiro atoms. The van der Waals surface area contributed by atoms with Crippen molar-refractivity contribution in [2.75, 3.05) is 18.9 Å². The Morgan fingerprint density at radius 3 is 2.32 bits per heavy atom. The van der Waals surface area contributed by atoms with Gasteiger partial charge in [0.1, 0.15) is 11.3 Å². The summed E-state index contributed by atoms with van der Waals surface area (Å²) in [5.74, 6) is -0.330. The van der Waals surface area contributed by atoms with E-state index in [2.05, 4.69) is 16.4 Å². The monoisotopic (exact) mass is 363 g/mol. The fraction of sp³-hybridized carbons (Fsp3) is 0.278. The van der Waals surface area contributed by atoms with Crippen molar-refractivity contribution in [2.24, 2.45) is 0 Å². The second-order valence-electron chi connectivity index (χ2n) is 5.41. The van der Waals surface area contributed by atoms with Gasteiger partial charge < -0.3 is 9.47 Å². The van der Waals surface area contributed by atoms with E-state index in [4.69, 9.17) is 4.74 Å². The maximum absolute atomic E-state index is 12.5. The lowest BCUT2D eigenvalue weighted by atomic mass is 10.1. The Bertz CT molecular complexity index is 844. The molecule has 0 aromatic heterocycles. The Hall–Kier alpha value is -2.54. The topological polar surface area (TPSA) is 81.7 Å². The third kappa shape index (κ3) is 4.51. The number of anilines is 1. The first-order valence-corrected chi connectivity index (χ1v) is 9.27. The third-order valence-electron chi connectivity index (χ3n) is 3.63. The standard InChI is InChI=1S/C18H21NO5S/c1-4-5-13-6-9-15(10-7-13)25(21,22)19-14-8-11-16(18(20)24-3)17(12-14)23-2/h6-12,19H,4-5H2,1-3H3. The number of carbonyl (C=O) groups is 1. The van der Waals surface area contributed by atoms with Crippen LogP contribution in [-0.2, 0) is 21.2 Å². The molecule has 1 N–H and O–H groups in total. The van der Waals surface area contributed by atoms with Gasteiger partial charge >= 0.3 is 5.97 Å². The maximum Gasteiger partial charge on any atom is 0.341 e. The number of rotatable bonds is 7. The summed E-state index contributed by atoms with van der Waals surface area (Å²) in [5, 5.41) is 0. The number of esters is 1. The van der Waals surface area contributed by atoms with Gasteiger partial charge in [-0.05, 0) is 36.2 Å². The molecule has 0 atom stereocenters. The number of aryl methyl sites for hydroxylation is 1. The lowest BCUT2D eigenvalue weighted by molar-refractivity contribution is 0.0597. The summed E-state index contributed by atoms with van der Waals surface area (Å²) in [4.78, 5) is 11.8. The first kappa shape index (κ1) is 18.8. The molecule has 6 nitrogen and oxygen atoms in total. The van der Waals surface area contributed by atoms with E-state index in [1.54, 1.807) is 24.3 Å². The van der Waals surface area contributed by atoms with Crippen molar-refractivity contribution in [3.05, 3.63) is 53.6 Å². The highest BCUT2D eigenvalue weighted by atomic mass is 32.2. The zero-order valence-corrected chi connectivity index (χ0v) is 15.2. The van der Waals surface area contributed by atoms with Gasteiger partial charge in [0.25, 0.3) is 10.0 Å². The second-order valence-corrected chi connectivity index (χ2v) is 7.09. The fourth-order valence-corrected chi connectivity index (χ4v) is 3.42. The molecule has 0 heterocycles. The van der Waals surface area contributed by atoms with E-state index in [9.17, 15) is 13.2 Å². The molecule has 0 aliphatic carbocycles. The Morgan fingerprint density at radius 1 is 1.08 bits per heavy atom. The highest BCUT2D eigenvalue weighted by Crippen LogP contribution is 2.26. The number of benzene rings is 2. The minimum atomic E-state index is -3.73. The van der Waals surface area contributed by atoms with E-state index < -0.39 is 16.0 Å². The van der Waals surface area contributed by atoms with E-state index in [0.29, 0.717) is 5.69 Å². The SMILES string of the molecule is CCCc1ccc(S(=O)(=O)Nc2ccc(C(=O)OC)c(OC)c2)cc1. The van der Waals surface area contributed by atoms with E-state index in [0.717, 1.165) is 18.4 Å². The van der Waals surface area contributed by atoms with Gasteiger partial charge in [-0.2, -0.15) is 0 Å². The number of methoxy groups -OCH3 is 2. The number of hydrogen-bond donors (Lipinski definition) is 1. The highest BCUT2D eigenvalue weighted by molar-refractivity contribution is 7.92. The Kier molecular flexibility index (Phi) is 6.03. The van der Waals surface area contributed by atoms with Crippen LogP contribution in [0.15, 0.2) is 47.4 Å². The van der Waals surface area contributed by atoms with Gasteiger partial charge in [0.15, 0.2) is 0 Å². The van der Waals surface area contributed by atoms with Crippen LogP contribution in [0.25, 0.3) is 0 Å². The fourth-order valence-electron chi connectivity index (χ4n) is 2.37. The largest absolute Gasteiger partial charge is 0.496 e. The van der Waals surface area contributed by atoms with Crippen LogP contribution in [0, 0.1) is 0 Å². The molecule has 0 radical (unpaired) electrons. The van der Waals surface area contributed by atoms with Gasteiger partial charge in [0.2, 0.25) is 0 Å². The lowest BCUT2D eigenvalue weighted by Crippen LogP contribution is -2.13. The van der Waals surface area contributed by atoms with Gasteiger partial charge in [0.05, 0.1) is 24.8 Å². The third-order valence-corrected chi connectivity index (χ3v) is 5.03. The van der Waals surface area contributed by atoms with Gasteiger partial charge in [-0.1, -0.05) is 25.5 Å². The highest BCUT2D eigenvalue weighted by Gasteiger charge is 2.17. The van der Waals surface area contributed by atoms with Crippen molar-refractivity contribution < 1.29 is 22.7 Å². The summed E-state index contributed by atoms with van der Waals surface area (Å²) >= 11 is 0. The molecule has 0 aliphatic rings. The molecule has 134 valence electrons. The van der Waals surface area contributed by atoms with Crippen molar-refractivity contribution in [3.63, 3.8) is 0 Å². The molecule has 25 heavy (non-hydrogen) atoms. The minimum absolute atomic E-state index is 0.170. The van der Waals surface area contributed by atoms with Crippen LogP contribution in [-0.4, -0.2) is 28.6 Å². The number of ether oxygens (including phenoxy) is 2. The molecule has 2 aromatic carbocycles. The molecule has 0 saturated carbocycles. The number of hydrogen-bond acceptors (Lipinski definition) is 5. The van der Waals surface area contributed by atoms with Crippen LogP contribution in [0.4, 0.5) is 5.69 Å². The Balaban J connectivity index is 2.26. The van der Waals surface area contributed by atoms with E-state index in [1.807, 2.05) is 0 Å². The van der Waals surface area contributed by atoms with Crippen molar-refractivity contribution >= 4 is 21.7 Å². The zero-order valence-electron chi connectivity index (χ0n) is 14.4. The van der Waals surface area contributed by atoms with Crippen molar-refractivity contribution in [1.82, 2.24) is 0 Å². The minimum Gasteiger partial charge on any atom is -0.496 e. The molecule has 2 aromatic rings. The quantitative estimate of drug-likeness (QED) is 0.764. The number of sulfonamides is 1. The molecule has 0 bridgehead atoms. The lowest BCUT2D eigenvalue weighted by Gasteiger charge is -2.12. The number of carbonyl (C=O) groups excluding carboxylic acids is 1. The molecule has 0 fully saturated rings. The second kappa shape index (κ2) is 8.02. The normalized spacial score (nSPS) is 11.0. The summed E-state index contributed by atoms with van der Waals surface area (Å²) in [6.45, 7) is 2.07. The van der Waals surface area contributed by atoms with E-state index in [1.165, 1.54) is 32.4 Å². The van der Waals surface area contributed by atoms with Gasteiger partial charge in [-0.15, -0.1) is 0 Å². The Morgan fingerprint density at radius 2 is 1.76 bits per heavy atom. The van der Waals surface area contributed by atoms with E-state index >= 15 is 0 Å². The predicted octanol–water partition coefficient (Wildman–Crippen LogP) is 3.24. The van der Waals surface area contributed by atoms with Crippen molar-refractivity contribution in [1.29, 1.82) is 0 Å². The van der Waals surface area contributed by atoms with Crippen LogP contribution in [0.3, 0.4) is 0 Å². The summed E-state index contributed by atoms with van der Waals surface area (Å²) in [5.41, 5.74) is 1.60. The molecule has 0 amide bonds. The van der Waals surface area contributed by atoms with Crippen LogP contribution in [0.5, 0.6) is 5.75 Å². The molecule has 2 rings (SSSR count). The molecular formula is C18H21NO5S. The maximum atomic E-state index is 12.5. The van der Waals surface area contributed by atoms with Crippen LogP contribution in [0.1, 0.15) is 29.3 Å². The van der Waals surface area contributed by atoms with E-state index in [-0.39, 0.29) is 16.2 Å². The average molecular weight is 363 g/mol. The van der Waals surface area contributed by atoms with Crippen molar-refractivity contribution in [3.8, 4) is 5.75 Å². The smallest absolute Gasteiger partial charge is 0.341 e. The molecule has 0 aliphatic heterocycles. The summed E-state index contributed by atoms with van der Waals surface area (Å²) in [6.07, 6.45) is 1.90. The average Bonchev–Trinajstić information content (AvgIpc) is 2.61. The van der Waals surface area contributed by atoms with Gasteiger partial charge in [-0.3, -0.25) is 4.72 Å². The van der Waals surface area contributed by atoms with Gasteiger partial charge in [0, 0.05) is 6.07 Å². The molecule has 0 unspecified atom stereocenters. The molecule has 0 saturated heterocycles. The first-order chi connectivity index (χ1) is 11.9. The van der Waals surface area contributed by atoms with Crippen LogP contribution < -0.4 is 9.46 Å². The first-order valence-electron chi connectivity index (χ1n) is 7.79. The summed E-state index contributed by atoms with van der Waals surface area (Å²) in [6, 6.07) is 11.1. The van der Waals surface area contributed by atoms with Crippen molar-refractivity contribution in [2.45, 2.75) is 24.7 Å². The Labute approximate surface area is 147 Å². The molecule has 7 heteroatoms. The predicted molar refractivity (Wildman–Crippen MR) is 95.6 cm³/mol. The zero-order chi connectivity index (χ0) is 18.4. The van der Waals surface area contributed by atoms with Crippen LogP contribution in [0.2, 0.25) is 0 Å². The van der Waals surface area contributed by atoms with Crippen LogP contribution >= 0.6 is 0 Å².